The molecule has 2 saturated heterocycles. The van der Waals surface area contributed by atoms with E-state index < -0.39 is 0 Å². The van der Waals surface area contributed by atoms with Gasteiger partial charge >= 0.3 is 6.09 Å². The molecule has 2 aromatic heterocycles. The Morgan fingerprint density at radius 1 is 1.25 bits per heavy atom. The summed E-state index contributed by atoms with van der Waals surface area (Å²) in [5.41, 5.74) is 0.810. The Balaban J connectivity index is 1.24. The van der Waals surface area contributed by atoms with Crippen molar-refractivity contribution in [3.8, 4) is 11.4 Å². The molecular weight excluding hydrogens is 412 g/mol. The average Bonchev–Trinajstić information content (AvgIpc) is 3.47. The number of amides is 1. The van der Waals surface area contributed by atoms with Gasteiger partial charge in [-0.2, -0.15) is 4.98 Å². The average molecular weight is 445 g/mol. The Morgan fingerprint density at radius 2 is 2.06 bits per heavy atom. The highest BCUT2D eigenvalue weighted by Crippen LogP contribution is 2.22. The molecule has 10 nitrogen and oxygen atoms in total. The molecule has 0 saturated carbocycles. The first kappa shape index (κ1) is 22.5. The SMILES string of the molecule is CNC1CCN(c2ccc(-c3noc(COC4CCN(C(=O)OC(C)C)CC4)n3)cn2)C1. The van der Waals surface area contributed by atoms with Crippen molar-refractivity contribution >= 4 is 11.9 Å². The summed E-state index contributed by atoms with van der Waals surface area (Å²) in [4.78, 5) is 25.0. The van der Waals surface area contributed by atoms with Crippen LogP contribution in [0.4, 0.5) is 10.6 Å². The Hall–Kier alpha value is -2.72. The molecule has 1 unspecified atom stereocenters. The van der Waals surface area contributed by atoms with Gasteiger partial charge in [0.2, 0.25) is 5.82 Å². The summed E-state index contributed by atoms with van der Waals surface area (Å²) in [7, 11) is 2.00. The standard InChI is InChI=1S/C22H32N6O4/c1-15(2)31-22(29)27-10-7-18(8-11-27)30-14-20-25-21(26-32-20)16-4-5-19(24-12-16)28-9-6-17(13-28)23-3/h4-5,12,15,17-18,23H,6-11,13-14H2,1-3H3. The third-order valence-electron chi connectivity index (χ3n) is 5.87. The maximum Gasteiger partial charge on any atom is 0.410 e. The molecule has 2 fully saturated rings. The Kier molecular flexibility index (Phi) is 7.21. The number of nitrogens with one attached hydrogen (secondary N) is 1. The summed E-state index contributed by atoms with van der Waals surface area (Å²) in [5, 5.41) is 7.38. The molecule has 2 aliphatic rings. The van der Waals surface area contributed by atoms with Gasteiger partial charge in [-0.15, -0.1) is 0 Å². The van der Waals surface area contributed by atoms with Crippen LogP contribution >= 0.6 is 0 Å². The second-order valence-corrected chi connectivity index (χ2v) is 8.57. The van der Waals surface area contributed by atoms with Gasteiger partial charge in [-0.1, -0.05) is 5.16 Å². The fourth-order valence-electron chi connectivity index (χ4n) is 4.01. The first-order chi connectivity index (χ1) is 15.5. The van der Waals surface area contributed by atoms with Crippen molar-refractivity contribution in [2.45, 2.75) is 58.0 Å². The van der Waals surface area contributed by atoms with E-state index in [0.717, 1.165) is 43.7 Å². The van der Waals surface area contributed by atoms with Gasteiger partial charge in [0.05, 0.1) is 12.2 Å². The first-order valence-electron chi connectivity index (χ1n) is 11.3. The van der Waals surface area contributed by atoms with Crippen LogP contribution in [0.1, 0.15) is 39.0 Å². The van der Waals surface area contributed by atoms with Crippen LogP contribution in [0.15, 0.2) is 22.9 Å². The van der Waals surface area contributed by atoms with E-state index in [-0.39, 0.29) is 24.9 Å². The molecule has 1 atom stereocenters. The molecule has 2 aromatic rings. The number of anilines is 1. The van der Waals surface area contributed by atoms with Gasteiger partial charge in [0.25, 0.3) is 5.89 Å². The van der Waals surface area contributed by atoms with E-state index in [1.807, 2.05) is 33.0 Å². The zero-order valence-electron chi connectivity index (χ0n) is 19.0. The van der Waals surface area contributed by atoms with Crippen molar-refractivity contribution in [3.05, 3.63) is 24.2 Å². The summed E-state index contributed by atoms with van der Waals surface area (Å²) >= 11 is 0. The Morgan fingerprint density at radius 3 is 2.72 bits per heavy atom. The van der Waals surface area contributed by atoms with E-state index in [4.69, 9.17) is 14.0 Å². The molecule has 0 bridgehead atoms. The highest BCUT2D eigenvalue weighted by atomic mass is 16.6. The van der Waals surface area contributed by atoms with Gasteiger partial charge in [-0.3, -0.25) is 0 Å². The molecule has 0 radical (unpaired) electrons. The number of aromatic nitrogens is 3. The van der Waals surface area contributed by atoms with Crippen LogP contribution in [0.3, 0.4) is 0 Å². The smallest absolute Gasteiger partial charge is 0.410 e. The summed E-state index contributed by atoms with van der Waals surface area (Å²) in [6.45, 7) is 7.15. The fraction of sp³-hybridized carbons (Fsp3) is 0.636. The number of piperidine rings is 1. The van der Waals surface area contributed by atoms with Crippen molar-refractivity contribution in [2.24, 2.45) is 0 Å². The Bertz CT molecular complexity index is 879. The van der Waals surface area contributed by atoms with E-state index >= 15 is 0 Å². The van der Waals surface area contributed by atoms with Crippen LogP contribution in [0.5, 0.6) is 0 Å². The molecule has 4 heterocycles. The fourth-order valence-corrected chi connectivity index (χ4v) is 4.01. The van der Waals surface area contributed by atoms with Gasteiger partial charge < -0.3 is 29.1 Å². The number of likely N-dealkylation sites (N-methyl/N-ethyl adjacent to an activating group) is 1. The molecule has 1 amide bonds. The number of hydrogen-bond donors (Lipinski definition) is 1. The molecule has 0 aromatic carbocycles. The van der Waals surface area contributed by atoms with E-state index in [2.05, 4.69) is 25.3 Å². The lowest BCUT2D eigenvalue weighted by atomic mass is 10.1. The summed E-state index contributed by atoms with van der Waals surface area (Å²) in [6.07, 6.45) is 4.09. The van der Waals surface area contributed by atoms with Gasteiger partial charge in [0, 0.05) is 44.0 Å². The maximum absolute atomic E-state index is 12.0. The number of likely N-dealkylation sites (tertiary alicyclic amines) is 1. The number of carbonyl (C=O) groups is 1. The molecule has 1 N–H and O–H groups in total. The summed E-state index contributed by atoms with van der Waals surface area (Å²) in [5.74, 6) is 1.90. The number of nitrogens with zero attached hydrogens (tertiary/aromatic N) is 5. The van der Waals surface area contributed by atoms with Crippen molar-refractivity contribution in [1.82, 2.24) is 25.3 Å². The second-order valence-electron chi connectivity index (χ2n) is 8.57. The van der Waals surface area contributed by atoms with Crippen molar-refractivity contribution in [2.75, 3.05) is 38.1 Å². The highest BCUT2D eigenvalue weighted by molar-refractivity contribution is 5.67. The van der Waals surface area contributed by atoms with Crippen LogP contribution in [0.25, 0.3) is 11.4 Å². The molecular formula is C22H32N6O4. The molecule has 10 heteroatoms. The minimum atomic E-state index is -0.258. The van der Waals surface area contributed by atoms with E-state index in [0.29, 0.717) is 30.8 Å². The zero-order valence-corrected chi connectivity index (χ0v) is 19.0. The number of ether oxygens (including phenoxy) is 2. The monoisotopic (exact) mass is 444 g/mol. The minimum absolute atomic E-state index is 0.0521. The lowest BCUT2D eigenvalue weighted by molar-refractivity contribution is -0.0147. The minimum Gasteiger partial charge on any atom is -0.447 e. The molecule has 0 spiro atoms. The van der Waals surface area contributed by atoms with Crippen molar-refractivity contribution < 1.29 is 18.8 Å². The molecule has 4 rings (SSSR count). The second kappa shape index (κ2) is 10.3. The van der Waals surface area contributed by atoms with E-state index in [1.165, 1.54) is 0 Å². The largest absolute Gasteiger partial charge is 0.447 e. The quantitative estimate of drug-likeness (QED) is 0.689. The van der Waals surface area contributed by atoms with E-state index in [1.54, 1.807) is 11.1 Å². The van der Waals surface area contributed by atoms with Crippen LogP contribution in [0, 0.1) is 0 Å². The number of pyridine rings is 1. The van der Waals surface area contributed by atoms with Gasteiger partial charge in [-0.25, -0.2) is 9.78 Å². The van der Waals surface area contributed by atoms with Crippen LogP contribution < -0.4 is 10.2 Å². The number of hydrogen-bond acceptors (Lipinski definition) is 9. The maximum atomic E-state index is 12.0. The normalized spacial score (nSPS) is 19.7. The topological polar surface area (TPSA) is 106 Å². The molecule has 32 heavy (non-hydrogen) atoms. The van der Waals surface area contributed by atoms with Crippen LogP contribution in [-0.2, 0) is 16.1 Å². The third-order valence-corrected chi connectivity index (χ3v) is 5.87. The zero-order chi connectivity index (χ0) is 22.5. The predicted octanol–water partition coefficient (Wildman–Crippen LogP) is 2.46. The third kappa shape index (κ3) is 5.55. The number of carbonyl (C=O) groups excluding carboxylic acids is 1. The van der Waals surface area contributed by atoms with Crippen LogP contribution in [-0.4, -0.2) is 77.6 Å². The lowest BCUT2D eigenvalue weighted by Gasteiger charge is -2.31. The van der Waals surface area contributed by atoms with Gasteiger partial charge in [0.1, 0.15) is 12.4 Å². The summed E-state index contributed by atoms with van der Waals surface area (Å²) < 4.78 is 16.5. The predicted molar refractivity (Wildman–Crippen MR) is 118 cm³/mol. The number of rotatable bonds is 7. The van der Waals surface area contributed by atoms with E-state index in [9.17, 15) is 4.79 Å². The molecule has 2 aliphatic heterocycles. The lowest BCUT2D eigenvalue weighted by Crippen LogP contribution is -2.41. The molecule has 0 aliphatic carbocycles. The van der Waals surface area contributed by atoms with Crippen molar-refractivity contribution in [3.63, 3.8) is 0 Å². The molecule has 174 valence electrons. The van der Waals surface area contributed by atoms with Crippen molar-refractivity contribution in [1.29, 1.82) is 0 Å². The first-order valence-corrected chi connectivity index (χ1v) is 11.3. The van der Waals surface area contributed by atoms with Gasteiger partial charge in [0.15, 0.2) is 0 Å². The Labute approximate surface area is 188 Å². The highest BCUT2D eigenvalue weighted by Gasteiger charge is 2.25. The summed E-state index contributed by atoms with van der Waals surface area (Å²) in [6, 6.07) is 4.48. The van der Waals surface area contributed by atoms with Gasteiger partial charge in [-0.05, 0) is 52.3 Å². The van der Waals surface area contributed by atoms with Crippen LogP contribution in [0.2, 0.25) is 0 Å².